The summed E-state index contributed by atoms with van der Waals surface area (Å²) in [5, 5.41) is 8.20. The zero-order valence-corrected chi connectivity index (χ0v) is 13.5. The molecule has 7 nitrogen and oxygen atoms in total. The molecule has 0 saturated carbocycles. The first-order valence-electron chi connectivity index (χ1n) is 7.16. The maximum atomic E-state index is 12.6. The minimum atomic E-state index is -3.41. The zero-order chi connectivity index (χ0) is 15.7. The Balaban J connectivity index is 1.73. The monoisotopic (exact) mass is 321 g/mol. The molecule has 8 heteroatoms. The van der Waals surface area contributed by atoms with Crippen molar-refractivity contribution < 1.29 is 8.42 Å². The van der Waals surface area contributed by atoms with Crippen LogP contribution < -0.4 is 4.90 Å². The lowest BCUT2D eigenvalue weighted by Gasteiger charge is -2.34. The lowest BCUT2D eigenvalue weighted by molar-refractivity contribution is 0.381. The van der Waals surface area contributed by atoms with Gasteiger partial charge >= 0.3 is 0 Å². The third-order valence-electron chi connectivity index (χ3n) is 3.97. The molecule has 0 radical (unpaired) electrons. The van der Waals surface area contributed by atoms with Crippen molar-refractivity contribution in [2.24, 2.45) is 7.05 Å². The van der Waals surface area contributed by atoms with Gasteiger partial charge in [0.25, 0.3) is 0 Å². The van der Waals surface area contributed by atoms with Crippen molar-refractivity contribution >= 4 is 16.0 Å². The van der Waals surface area contributed by atoms with Crippen LogP contribution >= 0.6 is 0 Å². The summed E-state index contributed by atoms with van der Waals surface area (Å²) in [4.78, 5) is 2.41. The number of rotatable bonds is 3. The highest BCUT2D eigenvalue weighted by molar-refractivity contribution is 7.89. The number of nitrogens with zero attached hydrogens (tertiary/aromatic N) is 5. The molecule has 22 heavy (non-hydrogen) atoms. The summed E-state index contributed by atoms with van der Waals surface area (Å²) < 4.78 is 28.6. The molecule has 1 saturated heterocycles. The number of piperazine rings is 1. The van der Waals surface area contributed by atoms with Gasteiger partial charge in [-0.25, -0.2) is 8.42 Å². The van der Waals surface area contributed by atoms with E-state index in [-0.39, 0.29) is 0 Å². The molecule has 2 aromatic rings. The molecule has 2 heterocycles. The first kappa shape index (κ1) is 15.0. The van der Waals surface area contributed by atoms with Gasteiger partial charge in [-0.05, 0) is 19.1 Å². The molecular formula is C14H19N5O2S. The summed E-state index contributed by atoms with van der Waals surface area (Å²) in [5.74, 6) is 1.63. The molecule has 0 N–H and O–H groups in total. The normalized spacial score (nSPS) is 16.9. The third-order valence-corrected chi connectivity index (χ3v) is 5.88. The van der Waals surface area contributed by atoms with Gasteiger partial charge in [-0.15, -0.1) is 10.2 Å². The topological polar surface area (TPSA) is 71.3 Å². The SMILES string of the molecule is Cc1nnc(N2CCN(S(=O)(=O)c3ccccc3)CC2)n1C. The second-order valence-electron chi connectivity index (χ2n) is 5.31. The van der Waals surface area contributed by atoms with Crippen molar-refractivity contribution in [1.82, 2.24) is 19.1 Å². The van der Waals surface area contributed by atoms with E-state index in [1.807, 2.05) is 24.6 Å². The highest BCUT2D eigenvalue weighted by Gasteiger charge is 2.29. The Morgan fingerprint density at radius 1 is 1.00 bits per heavy atom. The van der Waals surface area contributed by atoms with Crippen LogP contribution in [-0.2, 0) is 17.1 Å². The van der Waals surface area contributed by atoms with E-state index in [9.17, 15) is 8.42 Å². The Labute approximate surface area is 130 Å². The fraction of sp³-hybridized carbons (Fsp3) is 0.429. The molecule has 0 aliphatic carbocycles. The number of hydrogen-bond donors (Lipinski definition) is 0. The largest absolute Gasteiger partial charge is 0.338 e. The zero-order valence-electron chi connectivity index (χ0n) is 12.7. The quantitative estimate of drug-likeness (QED) is 0.829. The van der Waals surface area contributed by atoms with Crippen LogP contribution in [0.5, 0.6) is 0 Å². The van der Waals surface area contributed by atoms with E-state index in [1.165, 1.54) is 4.31 Å². The molecule has 0 atom stereocenters. The predicted octanol–water partition coefficient (Wildman–Crippen LogP) is 0.634. The van der Waals surface area contributed by atoms with Gasteiger partial charge in [0, 0.05) is 33.2 Å². The first-order valence-corrected chi connectivity index (χ1v) is 8.60. The second-order valence-corrected chi connectivity index (χ2v) is 7.25. The number of aryl methyl sites for hydroxylation is 1. The van der Waals surface area contributed by atoms with Gasteiger partial charge in [0.2, 0.25) is 16.0 Å². The highest BCUT2D eigenvalue weighted by atomic mass is 32.2. The molecule has 1 aromatic carbocycles. The minimum absolute atomic E-state index is 0.345. The van der Waals surface area contributed by atoms with Crippen molar-refractivity contribution in [1.29, 1.82) is 0 Å². The Hall–Kier alpha value is -1.93. The highest BCUT2D eigenvalue weighted by Crippen LogP contribution is 2.19. The minimum Gasteiger partial charge on any atom is -0.338 e. The molecule has 3 rings (SSSR count). The maximum Gasteiger partial charge on any atom is 0.243 e. The van der Waals surface area contributed by atoms with Crippen molar-refractivity contribution in [2.45, 2.75) is 11.8 Å². The number of anilines is 1. The predicted molar refractivity (Wildman–Crippen MR) is 83.2 cm³/mol. The molecule has 1 aliphatic heterocycles. The van der Waals surface area contributed by atoms with Gasteiger partial charge in [-0.2, -0.15) is 4.31 Å². The van der Waals surface area contributed by atoms with Crippen molar-refractivity contribution in [3.05, 3.63) is 36.2 Å². The van der Waals surface area contributed by atoms with E-state index in [0.29, 0.717) is 31.1 Å². The molecule has 0 amide bonds. The van der Waals surface area contributed by atoms with Crippen molar-refractivity contribution in [2.75, 3.05) is 31.1 Å². The fourth-order valence-corrected chi connectivity index (χ4v) is 3.98. The van der Waals surface area contributed by atoms with Crippen LogP contribution in [0.3, 0.4) is 0 Å². The van der Waals surface area contributed by atoms with Gasteiger partial charge in [0.05, 0.1) is 4.90 Å². The van der Waals surface area contributed by atoms with Gasteiger partial charge in [-0.1, -0.05) is 18.2 Å². The second kappa shape index (κ2) is 5.69. The van der Waals surface area contributed by atoms with E-state index in [4.69, 9.17) is 0 Å². The summed E-state index contributed by atoms with van der Waals surface area (Å²) in [6, 6.07) is 8.56. The third kappa shape index (κ3) is 2.59. The van der Waals surface area contributed by atoms with Crippen molar-refractivity contribution in [3.8, 4) is 0 Å². The lowest BCUT2D eigenvalue weighted by atomic mass is 10.4. The van der Waals surface area contributed by atoms with Crippen LogP contribution in [0.1, 0.15) is 5.82 Å². The molecule has 0 bridgehead atoms. The van der Waals surface area contributed by atoms with E-state index in [0.717, 1.165) is 11.8 Å². The average Bonchev–Trinajstić information content (AvgIpc) is 2.88. The summed E-state index contributed by atoms with van der Waals surface area (Å²) >= 11 is 0. The van der Waals surface area contributed by atoms with Crippen LogP contribution in [0, 0.1) is 6.92 Å². The van der Waals surface area contributed by atoms with E-state index >= 15 is 0 Å². The van der Waals surface area contributed by atoms with Gasteiger partial charge in [0.1, 0.15) is 5.82 Å². The number of hydrogen-bond acceptors (Lipinski definition) is 5. The summed E-state index contributed by atoms with van der Waals surface area (Å²) in [6.45, 7) is 4.01. The molecule has 0 unspecified atom stereocenters. The van der Waals surface area contributed by atoms with Gasteiger partial charge in [-0.3, -0.25) is 0 Å². The molecule has 1 aromatic heterocycles. The van der Waals surface area contributed by atoms with Crippen LogP contribution in [-0.4, -0.2) is 53.7 Å². The Morgan fingerprint density at radius 2 is 1.64 bits per heavy atom. The number of sulfonamides is 1. The summed E-state index contributed by atoms with van der Waals surface area (Å²) in [5.41, 5.74) is 0. The molecule has 118 valence electrons. The molecule has 1 fully saturated rings. The number of benzene rings is 1. The van der Waals surface area contributed by atoms with Gasteiger partial charge in [0.15, 0.2) is 0 Å². The van der Waals surface area contributed by atoms with E-state index < -0.39 is 10.0 Å². The molecule has 1 aliphatic rings. The standard InChI is InChI=1S/C14H19N5O2S/c1-12-15-16-14(17(12)2)18-8-10-19(11-9-18)22(20,21)13-6-4-3-5-7-13/h3-7H,8-11H2,1-2H3. The molecule has 0 spiro atoms. The van der Waals surface area contributed by atoms with E-state index in [1.54, 1.807) is 24.3 Å². The Bertz CT molecular complexity index is 749. The Kier molecular flexibility index (Phi) is 3.88. The summed E-state index contributed by atoms with van der Waals surface area (Å²) in [6.07, 6.45) is 0. The van der Waals surface area contributed by atoms with Crippen molar-refractivity contribution in [3.63, 3.8) is 0 Å². The summed E-state index contributed by atoms with van der Waals surface area (Å²) in [7, 11) is -1.49. The lowest BCUT2D eigenvalue weighted by Crippen LogP contribution is -2.49. The van der Waals surface area contributed by atoms with E-state index in [2.05, 4.69) is 15.1 Å². The average molecular weight is 321 g/mol. The van der Waals surface area contributed by atoms with Crippen LogP contribution in [0.4, 0.5) is 5.95 Å². The van der Waals surface area contributed by atoms with Crippen LogP contribution in [0.2, 0.25) is 0 Å². The van der Waals surface area contributed by atoms with Gasteiger partial charge < -0.3 is 9.47 Å². The van der Waals surface area contributed by atoms with Crippen LogP contribution in [0.25, 0.3) is 0 Å². The first-order chi connectivity index (χ1) is 10.5. The smallest absolute Gasteiger partial charge is 0.243 e. The Morgan fingerprint density at radius 3 is 2.18 bits per heavy atom. The van der Waals surface area contributed by atoms with Crippen LogP contribution in [0.15, 0.2) is 35.2 Å². The number of aromatic nitrogens is 3. The maximum absolute atomic E-state index is 12.6. The fourth-order valence-electron chi connectivity index (χ4n) is 2.54. The molecular weight excluding hydrogens is 302 g/mol.